The fourth-order valence-corrected chi connectivity index (χ4v) is 4.24. The highest BCUT2D eigenvalue weighted by atomic mass is 32.1. The first-order valence-electron chi connectivity index (χ1n) is 8.30. The SMILES string of the molecule is Cc1ncc(C(=O)N2C[C@@H](CN3CCN(C)CC3)[C@@H](CO)C2)s1. The molecule has 3 heterocycles. The predicted octanol–water partition coefficient (Wildman–Crippen LogP) is 0.379. The van der Waals surface area contributed by atoms with E-state index in [9.17, 15) is 9.90 Å². The summed E-state index contributed by atoms with van der Waals surface area (Å²) in [4.78, 5) is 24.2. The van der Waals surface area contributed by atoms with Gasteiger partial charge in [0.2, 0.25) is 0 Å². The Morgan fingerprint density at radius 3 is 2.61 bits per heavy atom. The minimum Gasteiger partial charge on any atom is -0.396 e. The van der Waals surface area contributed by atoms with E-state index in [1.165, 1.54) is 11.3 Å². The van der Waals surface area contributed by atoms with Crippen molar-refractivity contribution in [2.75, 3.05) is 59.5 Å². The van der Waals surface area contributed by atoms with Gasteiger partial charge in [-0.25, -0.2) is 4.98 Å². The first-order chi connectivity index (χ1) is 11.1. The van der Waals surface area contributed by atoms with Crippen LogP contribution >= 0.6 is 11.3 Å². The topological polar surface area (TPSA) is 59.9 Å². The van der Waals surface area contributed by atoms with E-state index in [0.717, 1.165) is 44.3 Å². The number of aliphatic hydroxyl groups excluding tert-OH is 1. The first kappa shape index (κ1) is 16.8. The van der Waals surface area contributed by atoms with Gasteiger partial charge in [0.05, 0.1) is 11.2 Å². The van der Waals surface area contributed by atoms with Crippen molar-refractivity contribution < 1.29 is 9.90 Å². The first-order valence-corrected chi connectivity index (χ1v) is 9.12. The van der Waals surface area contributed by atoms with Crippen molar-refractivity contribution in [1.29, 1.82) is 0 Å². The number of nitrogens with zero attached hydrogens (tertiary/aromatic N) is 4. The average molecular weight is 338 g/mol. The predicted molar refractivity (Wildman–Crippen MR) is 90.8 cm³/mol. The number of aliphatic hydroxyl groups is 1. The third-order valence-corrected chi connectivity index (χ3v) is 5.92. The standard InChI is InChI=1S/C16H26N4O2S/c1-12-17-7-15(23-12)16(22)20-9-13(14(10-20)11-21)8-19-5-3-18(2)4-6-19/h7,13-14,21H,3-6,8-11H2,1-2H3/t13-,14-/m1/s1. The molecule has 0 radical (unpaired) electrons. The van der Waals surface area contributed by atoms with Crippen LogP contribution in [0.5, 0.6) is 0 Å². The van der Waals surface area contributed by atoms with E-state index >= 15 is 0 Å². The molecule has 2 atom stereocenters. The molecule has 1 amide bonds. The molecule has 0 bridgehead atoms. The van der Waals surface area contributed by atoms with Gasteiger partial charge >= 0.3 is 0 Å². The number of carbonyl (C=O) groups is 1. The minimum absolute atomic E-state index is 0.0647. The molecule has 128 valence electrons. The highest BCUT2D eigenvalue weighted by Crippen LogP contribution is 2.27. The molecule has 2 saturated heterocycles. The molecular formula is C16H26N4O2S. The summed E-state index contributed by atoms with van der Waals surface area (Å²) < 4.78 is 0. The number of thiazole rings is 1. The lowest BCUT2D eigenvalue weighted by atomic mass is 9.96. The number of likely N-dealkylation sites (N-methyl/N-ethyl adjacent to an activating group) is 1. The molecule has 1 aromatic heterocycles. The van der Waals surface area contributed by atoms with Crippen LogP contribution in [0.15, 0.2) is 6.20 Å². The molecule has 1 N–H and O–H groups in total. The maximum absolute atomic E-state index is 12.6. The fraction of sp³-hybridized carbons (Fsp3) is 0.750. The zero-order valence-electron chi connectivity index (χ0n) is 13.9. The molecule has 6 nitrogen and oxygen atoms in total. The van der Waals surface area contributed by atoms with Crippen molar-refractivity contribution >= 4 is 17.2 Å². The van der Waals surface area contributed by atoms with E-state index in [1.54, 1.807) is 6.20 Å². The number of carbonyl (C=O) groups excluding carboxylic acids is 1. The number of hydrogen-bond acceptors (Lipinski definition) is 6. The molecule has 7 heteroatoms. The van der Waals surface area contributed by atoms with E-state index in [-0.39, 0.29) is 18.4 Å². The Labute approximate surface area is 141 Å². The smallest absolute Gasteiger partial charge is 0.265 e. The Bertz CT molecular complexity index is 542. The highest BCUT2D eigenvalue weighted by molar-refractivity contribution is 7.13. The molecule has 23 heavy (non-hydrogen) atoms. The summed E-state index contributed by atoms with van der Waals surface area (Å²) >= 11 is 1.45. The van der Waals surface area contributed by atoms with Gasteiger partial charge in [-0.2, -0.15) is 0 Å². The summed E-state index contributed by atoms with van der Waals surface area (Å²) in [6, 6.07) is 0. The Morgan fingerprint density at radius 1 is 1.30 bits per heavy atom. The zero-order chi connectivity index (χ0) is 16.4. The minimum atomic E-state index is 0.0647. The van der Waals surface area contributed by atoms with Crippen molar-refractivity contribution in [3.05, 3.63) is 16.1 Å². The number of aromatic nitrogens is 1. The van der Waals surface area contributed by atoms with Crippen LogP contribution in [-0.2, 0) is 0 Å². The van der Waals surface area contributed by atoms with Crippen LogP contribution in [0, 0.1) is 18.8 Å². The second-order valence-electron chi connectivity index (χ2n) is 6.76. The summed E-state index contributed by atoms with van der Waals surface area (Å²) in [5.74, 6) is 0.615. The second-order valence-corrected chi connectivity index (χ2v) is 8.00. The molecule has 2 fully saturated rings. The van der Waals surface area contributed by atoms with Crippen LogP contribution in [-0.4, -0.2) is 90.2 Å². The Kier molecular flexibility index (Phi) is 5.31. The normalized spacial score (nSPS) is 26.8. The van der Waals surface area contributed by atoms with Crippen molar-refractivity contribution in [3.63, 3.8) is 0 Å². The molecule has 0 saturated carbocycles. The molecule has 3 rings (SSSR count). The van der Waals surface area contributed by atoms with Crippen molar-refractivity contribution in [2.45, 2.75) is 6.92 Å². The largest absolute Gasteiger partial charge is 0.396 e. The third kappa shape index (κ3) is 3.91. The summed E-state index contributed by atoms with van der Waals surface area (Å²) in [7, 11) is 2.15. The van der Waals surface area contributed by atoms with Crippen LogP contribution in [0.25, 0.3) is 0 Å². The van der Waals surface area contributed by atoms with Gasteiger partial charge < -0.3 is 19.8 Å². The number of rotatable bonds is 4. The van der Waals surface area contributed by atoms with E-state index in [4.69, 9.17) is 0 Å². The van der Waals surface area contributed by atoms with E-state index in [1.807, 2.05) is 11.8 Å². The molecule has 0 spiro atoms. The molecule has 1 aromatic rings. The molecule has 0 aromatic carbocycles. The number of piperazine rings is 1. The average Bonchev–Trinajstić information content (AvgIpc) is 3.15. The van der Waals surface area contributed by atoms with Gasteiger partial charge in [-0.05, 0) is 19.9 Å². The van der Waals surface area contributed by atoms with Gasteiger partial charge in [0.15, 0.2) is 0 Å². The van der Waals surface area contributed by atoms with Crippen LogP contribution in [0.4, 0.5) is 0 Å². The van der Waals surface area contributed by atoms with E-state index < -0.39 is 0 Å². The van der Waals surface area contributed by atoms with Crippen LogP contribution in [0.3, 0.4) is 0 Å². The Balaban J connectivity index is 1.60. The van der Waals surface area contributed by atoms with Crippen molar-refractivity contribution in [3.8, 4) is 0 Å². The molecule has 0 unspecified atom stereocenters. The van der Waals surface area contributed by atoms with Gasteiger partial charge in [-0.1, -0.05) is 0 Å². The highest BCUT2D eigenvalue weighted by Gasteiger charge is 2.36. The maximum Gasteiger partial charge on any atom is 0.265 e. The third-order valence-electron chi connectivity index (χ3n) is 5.02. The summed E-state index contributed by atoms with van der Waals surface area (Å²) in [6.45, 7) is 8.80. The number of hydrogen-bond donors (Lipinski definition) is 1. The molecular weight excluding hydrogens is 312 g/mol. The van der Waals surface area contributed by atoms with E-state index in [2.05, 4.69) is 21.8 Å². The summed E-state index contributed by atoms with van der Waals surface area (Å²) in [6.07, 6.45) is 1.67. The van der Waals surface area contributed by atoms with Gasteiger partial charge in [-0.15, -0.1) is 11.3 Å². The van der Waals surface area contributed by atoms with Gasteiger partial charge in [0.1, 0.15) is 4.88 Å². The number of amides is 1. The molecule has 2 aliphatic rings. The second kappa shape index (κ2) is 7.25. The summed E-state index contributed by atoms with van der Waals surface area (Å²) in [5.41, 5.74) is 0. The van der Waals surface area contributed by atoms with Crippen LogP contribution in [0.1, 0.15) is 14.7 Å². The quantitative estimate of drug-likeness (QED) is 0.860. The Morgan fingerprint density at radius 2 is 2.00 bits per heavy atom. The monoisotopic (exact) mass is 338 g/mol. The fourth-order valence-electron chi connectivity index (χ4n) is 3.50. The zero-order valence-corrected chi connectivity index (χ0v) is 14.8. The van der Waals surface area contributed by atoms with Gasteiger partial charge in [0, 0.05) is 58.3 Å². The molecule has 2 aliphatic heterocycles. The summed E-state index contributed by atoms with van der Waals surface area (Å²) in [5, 5.41) is 10.6. The van der Waals surface area contributed by atoms with Crippen molar-refractivity contribution in [2.24, 2.45) is 11.8 Å². The lowest BCUT2D eigenvalue weighted by molar-refractivity contribution is 0.0781. The lowest BCUT2D eigenvalue weighted by Gasteiger charge is -2.34. The molecule has 0 aliphatic carbocycles. The van der Waals surface area contributed by atoms with Gasteiger partial charge in [0.25, 0.3) is 5.91 Å². The van der Waals surface area contributed by atoms with Gasteiger partial charge in [-0.3, -0.25) is 4.79 Å². The number of aryl methyl sites for hydroxylation is 1. The van der Waals surface area contributed by atoms with E-state index in [0.29, 0.717) is 17.3 Å². The Hall–Kier alpha value is -1.02. The van der Waals surface area contributed by atoms with Crippen LogP contribution < -0.4 is 0 Å². The number of likely N-dealkylation sites (tertiary alicyclic amines) is 1. The maximum atomic E-state index is 12.6. The van der Waals surface area contributed by atoms with Crippen molar-refractivity contribution in [1.82, 2.24) is 19.7 Å². The lowest BCUT2D eigenvalue weighted by Crippen LogP contribution is -2.47. The van der Waals surface area contributed by atoms with Crippen LogP contribution in [0.2, 0.25) is 0 Å².